The molecular weight excluding hydrogens is 495 g/mol. The molecule has 5 saturated heterocycles. The number of carbonyl (C=O) groups excluding carboxylic acids is 4. The average molecular weight is 518 g/mol. The van der Waals surface area contributed by atoms with Crippen LogP contribution in [0.4, 0.5) is 9.59 Å². The summed E-state index contributed by atoms with van der Waals surface area (Å²) in [6, 6.07) is -3.62. The molecular formula is C18H23N4O12P. The normalized spacial score (nSPS) is 49.1. The Hall–Kier alpha value is -2.17. The van der Waals surface area contributed by atoms with Crippen molar-refractivity contribution in [3.63, 3.8) is 0 Å². The first-order valence-corrected chi connectivity index (χ1v) is 12.6. The molecule has 192 valence electrons. The van der Waals surface area contributed by atoms with E-state index in [4.69, 9.17) is 18.5 Å². The summed E-state index contributed by atoms with van der Waals surface area (Å²) in [5.74, 6) is -3.36. The monoisotopic (exact) mass is 518 g/mol. The van der Waals surface area contributed by atoms with Crippen LogP contribution in [-0.4, -0.2) is 111 Å². The maximum atomic E-state index is 13.0. The molecule has 1 unspecified atom stereocenters. The van der Waals surface area contributed by atoms with Crippen LogP contribution in [0.1, 0.15) is 12.8 Å². The van der Waals surface area contributed by atoms with Crippen molar-refractivity contribution in [1.82, 2.24) is 20.4 Å². The quantitative estimate of drug-likeness (QED) is 0.222. The molecule has 6 rings (SSSR count). The van der Waals surface area contributed by atoms with Crippen molar-refractivity contribution in [2.24, 2.45) is 11.8 Å². The summed E-state index contributed by atoms with van der Waals surface area (Å²) in [6.07, 6.45) is -7.05. The van der Waals surface area contributed by atoms with Crippen LogP contribution in [0.5, 0.6) is 0 Å². The van der Waals surface area contributed by atoms with E-state index in [0.717, 1.165) is 4.90 Å². The van der Waals surface area contributed by atoms with Crippen molar-refractivity contribution in [3.05, 3.63) is 0 Å². The van der Waals surface area contributed by atoms with E-state index in [1.165, 1.54) is 4.90 Å². The Morgan fingerprint density at radius 2 is 1.49 bits per heavy atom. The van der Waals surface area contributed by atoms with Gasteiger partial charge in [-0.15, -0.1) is 0 Å². The third kappa shape index (κ3) is 3.43. The molecule has 0 spiro atoms. The van der Waals surface area contributed by atoms with Gasteiger partial charge in [-0.3, -0.25) is 39.1 Å². The smallest absolute Gasteiger partial charge is 0.394 e. The van der Waals surface area contributed by atoms with E-state index in [0.29, 0.717) is 0 Å². The summed E-state index contributed by atoms with van der Waals surface area (Å²) < 4.78 is 34.3. The lowest BCUT2D eigenvalue weighted by molar-refractivity contribution is -0.189. The molecule has 6 aliphatic rings. The van der Waals surface area contributed by atoms with Crippen LogP contribution < -0.4 is 10.6 Å². The SMILES string of the molecule is O=C1NC(=O)N2[C@@H]3[C@H]1[C@@H]1C(=O)NC(=O)N([C@@H]13)[C@H]1C[C@H](O)[C@@H](COP(=O)(O)O[C@H]3C[C@H]2O[C@@H]3CO)O1. The topological polar surface area (TPSA) is 213 Å². The zero-order chi connectivity index (χ0) is 24.8. The summed E-state index contributed by atoms with van der Waals surface area (Å²) in [6.45, 7) is -1.16. The summed E-state index contributed by atoms with van der Waals surface area (Å²) in [5.41, 5.74) is 0. The Morgan fingerprint density at radius 3 is 2.06 bits per heavy atom. The molecule has 17 heteroatoms. The van der Waals surface area contributed by atoms with Crippen molar-refractivity contribution >= 4 is 31.7 Å². The molecule has 0 radical (unpaired) electrons. The number of aliphatic hydroxyl groups is 2. The second kappa shape index (κ2) is 7.91. The van der Waals surface area contributed by atoms with Crippen LogP contribution in [0.2, 0.25) is 0 Å². The zero-order valence-electron chi connectivity index (χ0n) is 18.0. The molecule has 11 atom stereocenters. The van der Waals surface area contributed by atoms with Crippen LogP contribution in [0.25, 0.3) is 0 Å². The van der Waals surface area contributed by atoms with Crippen LogP contribution in [0, 0.1) is 11.8 Å². The highest BCUT2D eigenvalue weighted by atomic mass is 31.2. The summed E-state index contributed by atoms with van der Waals surface area (Å²) in [7, 11) is -4.72. The number of amides is 6. The molecule has 5 heterocycles. The molecule has 0 aromatic rings. The zero-order valence-corrected chi connectivity index (χ0v) is 18.9. The fraction of sp³-hybridized carbons (Fsp3) is 0.778. The van der Waals surface area contributed by atoms with Gasteiger partial charge >= 0.3 is 19.9 Å². The number of phosphoric ester groups is 1. The highest BCUT2D eigenvalue weighted by Crippen LogP contribution is 2.52. The molecule has 0 aromatic carbocycles. The molecule has 0 aromatic heterocycles. The van der Waals surface area contributed by atoms with Gasteiger partial charge in [0.15, 0.2) is 0 Å². The molecule has 16 nitrogen and oxygen atoms in total. The molecule has 6 fully saturated rings. The average Bonchev–Trinajstić information content (AvgIpc) is 3.32. The predicted octanol–water partition coefficient (Wildman–Crippen LogP) is -2.83. The lowest BCUT2D eigenvalue weighted by atomic mass is 9.60. The van der Waals surface area contributed by atoms with E-state index < -0.39 is 106 Å². The predicted molar refractivity (Wildman–Crippen MR) is 106 cm³/mol. The largest absolute Gasteiger partial charge is 0.472 e. The Bertz CT molecular complexity index is 1040. The Balaban J connectivity index is 1.43. The molecule has 35 heavy (non-hydrogen) atoms. The number of rotatable bonds is 1. The van der Waals surface area contributed by atoms with E-state index >= 15 is 0 Å². The van der Waals surface area contributed by atoms with Gasteiger partial charge in [-0.05, 0) is 0 Å². The summed E-state index contributed by atoms with van der Waals surface area (Å²) in [5, 5.41) is 24.6. The van der Waals surface area contributed by atoms with Gasteiger partial charge in [-0.1, -0.05) is 0 Å². The highest BCUT2D eigenvalue weighted by molar-refractivity contribution is 7.47. The van der Waals surface area contributed by atoms with Crippen molar-refractivity contribution < 1.29 is 57.4 Å². The van der Waals surface area contributed by atoms with Gasteiger partial charge in [-0.2, -0.15) is 0 Å². The number of imide groups is 2. The Kier molecular flexibility index (Phi) is 5.26. The Labute approximate surface area is 197 Å². The molecule has 6 amide bonds. The minimum atomic E-state index is -4.72. The second-order valence-electron chi connectivity index (χ2n) is 9.32. The number of nitrogens with zero attached hydrogens (tertiary/aromatic N) is 2. The van der Waals surface area contributed by atoms with Crippen molar-refractivity contribution in [3.8, 4) is 0 Å². The maximum absolute atomic E-state index is 13.0. The number of phosphoric acid groups is 1. The number of nitrogens with one attached hydrogen (secondary N) is 2. The lowest BCUT2D eigenvalue weighted by Gasteiger charge is -2.62. The first kappa shape index (κ1) is 23.2. The van der Waals surface area contributed by atoms with Crippen LogP contribution in [-0.2, 0) is 32.7 Å². The van der Waals surface area contributed by atoms with Crippen molar-refractivity contribution in [2.45, 2.75) is 61.8 Å². The number of urea groups is 2. The van der Waals surface area contributed by atoms with Crippen molar-refractivity contribution in [1.29, 1.82) is 0 Å². The van der Waals surface area contributed by atoms with Crippen LogP contribution in [0.3, 0.4) is 0 Å². The van der Waals surface area contributed by atoms with Crippen LogP contribution in [0.15, 0.2) is 0 Å². The standard InChI is InChI=1S/C18H23N4O12P/c23-3-7-6-2-10(32-7)22-14-12(16(26)20-18(22)28)11-13(14)21(17(27)19-15(11)25)9-1-5(24)8(33-9)4-31-35(29,30)34-6/h5-14,23-24H,1-4H2,(H,29,30)(H,19,25,27)(H,20,26,28)/t5-,6-,7+,8+,9+,10+,11-,12+,13-,14+/m0/s1. The van der Waals surface area contributed by atoms with E-state index in [9.17, 15) is 38.8 Å². The molecule has 1 aliphatic carbocycles. The third-order valence-corrected chi connectivity index (χ3v) is 8.52. The van der Waals surface area contributed by atoms with Crippen LogP contribution >= 0.6 is 7.82 Å². The Morgan fingerprint density at radius 1 is 0.914 bits per heavy atom. The van der Waals surface area contributed by atoms with E-state index in [-0.39, 0.29) is 12.8 Å². The van der Waals surface area contributed by atoms with Gasteiger partial charge in [0, 0.05) is 12.8 Å². The van der Waals surface area contributed by atoms with Gasteiger partial charge < -0.3 is 24.6 Å². The second-order valence-corrected chi connectivity index (χ2v) is 10.7. The number of ether oxygens (including phenoxy) is 2. The van der Waals surface area contributed by atoms with Gasteiger partial charge in [0.1, 0.15) is 30.8 Å². The lowest BCUT2D eigenvalue weighted by Crippen LogP contribution is -2.84. The van der Waals surface area contributed by atoms with E-state index in [1.54, 1.807) is 0 Å². The third-order valence-electron chi connectivity index (χ3n) is 7.51. The minimum Gasteiger partial charge on any atom is -0.394 e. The van der Waals surface area contributed by atoms with Gasteiger partial charge in [-0.25, -0.2) is 14.2 Å². The fourth-order valence-electron chi connectivity index (χ4n) is 5.99. The molecule has 5 aliphatic heterocycles. The first-order valence-electron chi connectivity index (χ1n) is 11.1. The number of hydrogen-bond donors (Lipinski definition) is 5. The number of hydrogen-bond acceptors (Lipinski definition) is 11. The van der Waals surface area contributed by atoms with E-state index in [1.807, 2.05) is 0 Å². The fourth-order valence-corrected chi connectivity index (χ4v) is 6.95. The molecule has 5 N–H and O–H groups in total. The molecule has 4 bridgehead atoms. The summed E-state index contributed by atoms with van der Waals surface area (Å²) >= 11 is 0. The number of aliphatic hydroxyl groups excluding tert-OH is 2. The number of carbonyl (C=O) groups is 4. The maximum Gasteiger partial charge on any atom is 0.472 e. The molecule has 1 saturated carbocycles. The summed E-state index contributed by atoms with van der Waals surface area (Å²) in [4.78, 5) is 63.8. The van der Waals surface area contributed by atoms with Gasteiger partial charge in [0.25, 0.3) is 0 Å². The van der Waals surface area contributed by atoms with E-state index in [2.05, 4.69) is 10.6 Å². The highest BCUT2D eigenvalue weighted by Gasteiger charge is 2.70. The van der Waals surface area contributed by atoms with Gasteiger partial charge in [0.05, 0.1) is 43.2 Å². The number of fused-ring (bicyclic) bond motifs is 7. The van der Waals surface area contributed by atoms with Gasteiger partial charge in [0.2, 0.25) is 11.8 Å². The minimum absolute atomic E-state index is 0.109. The first-order chi connectivity index (χ1) is 16.6. The van der Waals surface area contributed by atoms with Crippen molar-refractivity contribution in [2.75, 3.05) is 13.2 Å².